The Morgan fingerprint density at radius 1 is 0.507 bits per heavy atom. The normalized spacial score (nSPS) is 46.6. The first-order chi connectivity index (χ1) is 30.7. The van der Waals surface area contributed by atoms with Gasteiger partial charge in [0.1, 0.15) is 116 Å². The summed E-state index contributed by atoms with van der Waals surface area (Å²) in [6, 6.07) is -1.95. The van der Waals surface area contributed by atoms with Gasteiger partial charge in [-0.15, -0.1) is 0 Å². The molecule has 32 nitrogen and oxygen atoms in total. The van der Waals surface area contributed by atoms with Crippen LogP contribution in [0.25, 0.3) is 0 Å². The molecule has 35 heteroatoms. The van der Waals surface area contributed by atoms with Crippen molar-refractivity contribution in [3.05, 3.63) is 0 Å². The molecule has 0 saturated carbocycles. The summed E-state index contributed by atoms with van der Waals surface area (Å²) in [4.78, 5) is 12.9. The van der Waals surface area contributed by atoms with E-state index in [1.54, 1.807) is 0 Å². The Morgan fingerprint density at radius 3 is 1.54 bits per heavy atom. The van der Waals surface area contributed by atoms with E-state index in [-0.39, 0.29) is 29.6 Å². The minimum absolute atomic E-state index is 0. The molecule has 0 spiro atoms. The van der Waals surface area contributed by atoms with E-state index in [4.69, 9.17) is 47.2 Å². The molecule has 25 atom stereocenters. The number of rotatable bonds is 17. The second-order valence-electron chi connectivity index (χ2n) is 15.7. The summed E-state index contributed by atoms with van der Waals surface area (Å²) in [7, 11) is -10.9. The molecule has 5 aliphatic rings. The van der Waals surface area contributed by atoms with Crippen LogP contribution in [0.3, 0.4) is 0 Å². The summed E-state index contributed by atoms with van der Waals surface area (Å²) in [5.74, 6) is -0.966. The predicted molar refractivity (Wildman–Crippen MR) is 198 cm³/mol. The van der Waals surface area contributed by atoms with Crippen molar-refractivity contribution in [1.29, 1.82) is 0 Å². The standard InChI is InChI=1S/C32H55NO31S2.Na/c1-7-14(38)17(41)20(44)30(55-7)62-25-13(33-8(2)37)29(63-26-15(39)9(3-34)57-31(21(26)45)60-23-10(4-35)56-28(47)19(43)18(23)42)58-11(5-36)24(25)61-32-22(46)27(64-66(51,52)53)16(40)12(59-32)6-54-65(48,49)50;/h7,9-32,34-36,38-47H,3-6H2,1-2H3,(H,33,37)(H,48,49,50)(H,51,52,53);/q;+1/t7-,9+,10+,11+,12+,13+,14+,15-,16-,17+,18+,19+,20-,21+,22+,23+,24+,25+,26-,27-,28?,29-,30-,31-,32-;/m0./s1. The molecule has 16 N–H and O–H groups in total. The topological polar surface area (TPSA) is 502 Å². The van der Waals surface area contributed by atoms with Crippen LogP contribution in [0.15, 0.2) is 0 Å². The van der Waals surface area contributed by atoms with Crippen LogP contribution < -0.4 is 34.9 Å². The Labute approximate surface area is 401 Å². The SMILES string of the molecule is CC(=O)N[C@H]1[C@H](O[C@H]2[C@@H](O)[C@@H](CO)O[C@@H](O[C@H]3[C@H](O)[C@@H](O)C(O)O[C@@H]3CO)[C@@H]2O)O[C@H](CO)[C@@H](O[C@@H]2O[C@H](COS(=O)(=O)O)[C@H](O)[C@H](OS(=O)(=O)O)[C@H]2O)[C@@H]1O[C@@H]1O[C@@H](C)[C@@H](O)[C@@H](O)[C@@H]1O.[Na+]. The molecule has 0 aromatic rings. The van der Waals surface area contributed by atoms with Crippen molar-refractivity contribution >= 4 is 26.7 Å². The van der Waals surface area contributed by atoms with Crippen LogP contribution in [0, 0.1) is 0 Å². The minimum atomic E-state index is -5.57. The van der Waals surface area contributed by atoms with Gasteiger partial charge in [-0.25, -0.2) is 8.37 Å². The molecule has 5 heterocycles. The van der Waals surface area contributed by atoms with Crippen LogP contribution in [0.2, 0.25) is 0 Å². The number of ether oxygens (including phenoxy) is 9. The van der Waals surface area contributed by atoms with Crippen molar-refractivity contribution in [2.24, 2.45) is 0 Å². The number of aliphatic hydroxyl groups is 13. The zero-order valence-corrected chi connectivity index (χ0v) is 39.0. The maximum absolute atomic E-state index is 12.9. The first-order valence-electron chi connectivity index (χ1n) is 19.8. The van der Waals surface area contributed by atoms with Crippen LogP contribution in [0.1, 0.15) is 13.8 Å². The average Bonchev–Trinajstić information content (AvgIpc) is 3.24. The summed E-state index contributed by atoms with van der Waals surface area (Å²) in [6.45, 7) is -2.38. The third-order valence-electron chi connectivity index (χ3n) is 11.1. The summed E-state index contributed by atoms with van der Waals surface area (Å²) >= 11 is 0. The number of nitrogens with one attached hydrogen (secondary N) is 1. The molecule has 1 unspecified atom stereocenters. The van der Waals surface area contributed by atoms with Crippen molar-refractivity contribution in [1.82, 2.24) is 5.32 Å². The number of carbonyl (C=O) groups excluding carboxylic acids is 1. The quantitative estimate of drug-likeness (QED) is 0.0475. The zero-order valence-electron chi connectivity index (χ0n) is 35.3. The monoisotopic (exact) mass is 1040 g/mol. The zero-order chi connectivity index (χ0) is 49.3. The molecule has 0 aromatic heterocycles. The maximum atomic E-state index is 12.9. The summed E-state index contributed by atoms with van der Waals surface area (Å²) in [6.07, 6.45) is -49.0. The Hall–Kier alpha value is -0.670. The summed E-state index contributed by atoms with van der Waals surface area (Å²) < 4.78 is 124. The minimum Gasteiger partial charge on any atom is -0.394 e. The number of hydrogen-bond donors (Lipinski definition) is 16. The van der Waals surface area contributed by atoms with Gasteiger partial charge in [0.2, 0.25) is 5.91 Å². The molecule has 0 bridgehead atoms. The van der Waals surface area contributed by atoms with Gasteiger partial charge in [-0.1, -0.05) is 0 Å². The van der Waals surface area contributed by atoms with E-state index in [0.29, 0.717) is 0 Å². The van der Waals surface area contributed by atoms with E-state index >= 15 is 0 Å². The molecule has 5 aliphatic heterocycles. The Balaban J connectivity index is 0.00000980. The number of amides is 1. The maximum Gasteiger partial charge on any atom is 1.00 e. The van der Waals surface area contributed by atoms with E-state index < -0.39 is 207 Å². The Morgan fingerprint density at radius 2 is 0.985 bits per heavy atom. The number of carbonyl (C=O) groups is 1. The van der Waals surface area contributed by atoms with Gasteiger partial charge < -0.3 is 114 Å². The molecule has 1 amide bonds. The van der Waals surface area contributed by atoms with E-state index in [0.717, 1.165) is 6.92 Å². The molecular formula is C32H55NNaO31S2+. The largest absolute Gasteiger partial charge is 1.00 e. The van der Waals surface area contributed by atoms with Crippen molar-refractivity contribution in [2.75, 3.05) is 26.4 Å². The molecule has 0 aromatic carbocycles. The van der Waals surface area contributed by atoms with Crippen LogP contribution >= 0.6 is 0 Å². The predicted octanol–water partition coefficient (Wildman–Crippen LogP) is -14.1. The fraction of sp³-hybridized carbons (Fsp3) is 0.969. The fourth-order valence-electron chi connectivity index (χ4n) is 7.75. The molecule has 5 rings (SSSR count). The van der Waals surface area contributed by atoms with Gasteiger partial charge in [0.15, 0.2) is 31.5 Å². The first-order valence-corrected chi connectivity index (χ1v) is 22.5. The van der Waals surface area contributed by atoms with E-state index in [9.17, 15) is 92.6 Å². The van der Waals surface area contributed by atoms with Gasteiger partial charge in [0.25, 0.3) is 0 Å². The van der Waals surface area contributed by atoms with Crippen molar-refractivity contribution < 1.29 is 178 Å². The van der Waals surface area contributed by atoms with Gasteiger partial charge in [0, 0.05) is 6.92 Å². The second kappa shape index (κ2) is 24.4. The van der Waals surface area contributed by atoms with Gasteiger partial charge in [0.05, 0.1) is 32.5 Å². The molecular weight excluding hydrogens is 981 g/mol. The smallest absolute Gasteiger partial charge is 0.394 e. The van der Waals surface area contributed by atoms with Gasteiger partial charge in [-0.2, -0.15) is 16.8 Å². The third-order valence-corrected chi connectivity index (χ3v) is 12.0. The summed E-state index contributed by atoms with van der Waals surface area (Å²) in [5.41, 5.74) is 0. The first kappa shape index (κ1) is 58.9. The van der Waals surface area contributed by atoms with E-state index in [2.05, 4.69) is 13.7 Å². The van der Waals surface area contributed by atoms with Gasteiger partial charge in [-0.05, 0) is 6.92 Å². The molecule has 67 heavy (non-hydrogen) atoms. The molecule has 0 aliphatic carbocycles. The fourth-order valence-corrected chi connectivity index (χ4v) is 8.56. The van der Waals surface area contributed by atoms with Crippen LogP contribution in [0.4, 0.5) is 0 Å². The van der Waals surface area contributed by atoms with Crippen LogP contribution in [0.5, 0.6) is 0 Å². The van der Waals surface area contributed by atoms with Crippen molar-refractivity contribution in [2.45, 2.75) is 167 Å². The van der Waals surface area contributed by atoms with Crippen LogP contribution in [-0.2, 0) is 76.6 Å². The number of hydrogen-bond acceptors (Lipinski definition) is 29. The van der Waals surface area contributed by atoms with Crippen molar-refractivity contribution in [3.8, 4) is 0 Å². The van der Waals surface area contributed by atoms with E-state index in [1.807, 2.05) is 0 Å². The second-order valence-corrected chi connectivity index (χ2v) is 17.8. The van der Waals surface area contributed by atoms with Gasteiger partial charge >= 0.3 is 50.4 Å². The molecule has 5 saturated heterocycles. The van der Waals surface area contributed by atoms with E-state index in [1.165, 1.54) is 6.92 Å². The van der Waals surface area contributed by atoms with Gasteiger partial charge in [-0.3, -0.25) is 13.9 Å². The molecule has 5 fully saturated rings. The van der Waals surface area contributed by atoms with Crippen LogP contribution in [-0.4, -0.2) is 278 Å². The Kier molecular flexibility index (Phi) is 21.4. The molecule has 0 radical (unpaired) electrons. The molecule has 386 valence electrons. The summed E-state index contributed by atoms with van der Waals surface area (Å²) in [5, 5.41) is 141. The Bertz CT molecular complexity index is 1810. The third kappa shape index (κ3) is 14.1. The van der Waals surface area contributed by atoms with Crippen molar-refractivity contribution in [3.63, 3.8) is 0 Å². The number of aliphatic hydroxyl groups excluding tert-OH is 13. The average molecular weight is 1040 g/mol.